The SMILES string of the molecule is CCNC(=NCc1ccc(C)s1)NCC(C)c1ccsc1.I. The van der Waals surface area contributed by atoms with Gasteiger partial charge in [-0.3, -0.25) is 0 Å². The molecule has 0 aliphatic rings. The van der Waals surface area contributed by atoms with Gasteiger partial charge in [-0.15, -0.1) is 35.3 Å². The Morgan fingerprint density at radius 1 is 1.27 bits per heavy atom. The summed E-state index contributed by atoms with van der Waals surface area (Å²) in [7, 11) is 0. The molecule has 0 spiro atoms. The topological polar surface area (TPSA) is 36.4 Å². The maximum absolute atomic E-state index is 4.66. The summed E-state index contributed by atoms with van der Waals surface area (Å²) in [5, 5.41) is 11.1. The molecule has 3 nitrogen and oxygen atoms in total. The van der Waals surface area contributed by atoms with Crippen molar-refractivity contribution in [2.75, 3.05) is 13.1 Å². The van der Waals surface area contributed by atoms with Crippen LogP contribution in [0.15, 0.2) is 34.0 Å². The van der Waals surface area contributed by atoms with Gasteiger partial charge in [-0.05, 0) is 54.3 Å². The van der Waals surface area contributed by atoms with Gasteiger partial charge in [-0.25, -0.2) is 4.99 Å². The predicted octanol–water partition coefficient (Wildman–Crippen LogP) is 4.59. The minimum Gasteiger partial charge on any atom is -0.357 e. The van der Waals surface area contributed by atoms with E-state index >= 15 is 0 Å². The third-order valence-electron chi connectivity index (χ3n) is 3.22. The highest BCUT2D eigenvalue weighted by molar-refractivity contribution is 14.0. The monoisotopic (exact) mass is 449 g/mol. The third-order valence-corrected chi connectivity index (χ3v) is 4.91. The zero-order chi connectivity index (χ0) is 15.1. The van der Waals surface area contributed by atoms with Gasteiger partial charge in [-0.1, -0.05) is 6.92 Å². The summed E-state index contributed by atoms with van der Waals surface area (Å²) in [6.07, 6.45) is 0. The Morgan fingerprint density at radius 2 is 2.09 bits per heavy atom. The lowest BCUT2D eigenvalue weighted by Gasteiger charge is -2.15. The average Bonchev–Trinajstić information content (AvgIpc) is 3.13. The Bertz CT molecular complexity index is 564. The van der Waals surface area contributed by atoms with Crippen molar-refractivity contribution in [1.29, 1.82) is 0 Å². The second kappa shape index (κ2) is 10.2. The molecule has 2 N–H and O–H groups in total. The normalized spacial score (nSPS) is 12.6. The first kappa shape index (κ1) is 19.4. The molecule has 2 heterocycles. The predicted molar refractivity (Wildman–Crippen MR) is 110 cm³/mol. The highest BCUT2D eigenvalue weighted by Gasteiger charge is 2.07. The molecule has 0 radical (unpaired) electrons. The van der Waals surface area contributed by atoms with E-state index in [1.54, 1.807) is 11.3 Å². The fraction of sp³-hybridized carbons (Fsp3) is 0.438. The maximum atomic E-state index is 4.66. The number of nitrogens with one attached hydrogen (secondary N) is 2. The lowest BCUT2D eigenvalue weighted by Crippen LogP contribution is -2.39. The van der Waals surface area contributed by atoms with E-state index in [1.165, 1.54) is 15.3 Å². The van der Waals surface area contributed by atoms with Gasteiger partial charge >= 0.3 is 0 Å². The van der Waals surface area contributed by atoms with Gasteiger partial charge in [-0.2, -0.15) is 11.3 Å². The molecule has 122 valence electrons. The molecule has 0 aliphatic carbocycles. The zero-order valence-electron chi connectivity index (χ0n) is 13.3. The van der Waals surface area contributed by atoms with Crippen LogP contribution in [0.25, 0.3) is 0 Å². The molecule has 0 saturated carbocycles. The first-order valence-corrected chi connectivity index (χ1v) is 9.04. The number of thiophene rings is 2. The highest BCUT2D eigenvalue weighted by Crippen LogP contribution is 2.17. The molecule has 0 bridgehead atoms. The highest BCUT2D eigenvalue weighted by atomic mass is 127. The summed E-state index contributed by atoms with van der Waals surface area (Å²) in [5.41, 5.74) is 1.39. The van der Waals surface area contributed by atoms with Crippen molar-refractivity contribution in [3.63, 3.8) is 0 Å². The van der Waals surface area contributed by atoms with Gasteiger partial charge in [0.1, 0.15) is 0 Å². The molecular weight excluding hydrogens is 425 g/mol. The Labute approximate surface area is 158 Å². The summed E-state index contributed by atoms with van der Waals surface area (Å²) in [4.78, 5) is 7.30. The molecule has 6 heteroatoms. The summed E-state index contributed by atoms with van der Waals surface area (Å²) in [6.45, 7) is 8.97. The average molecular weight is 449 g/mol. The minimum atomic E-state index is 0. The van der Waals surface area contributed by atoms with Crippen molar-refractivity contribution >= 4 is 52.6 Å². The number of aliphatic imine (C=N–C) groups is 1. The van der Waals surface area contributed by atoms with Crippen LogP contribution in [0.4, 0.5) is 0 Å². The Morgan fingerprint density at radius 3 is 2.68 bits per heavy atom. The Hall–Kier alpha value is -0.600. The second-order valence-electron chi connectivity index (χ2n) is 5.05. The van der Waals surface area contributed by atoms with Crippen LogP contribution in [0.5, 0.6) is 0 Å². The molecule has 0 aliphatic heterocycles. The van der Waals surface area contributed by atoms with Gasteiger partial charge in [0.2, 0.25) is 0 Å². The summed E-state index contributed by atoms with van der Waals surface area (Å²) < 4.78 is 0. The molecule has 0 aromatic carbocycles. The molecule has 22 heavy (non-hydrogen) atoms. The van der Waals surface area contributed by atoms with E-state index in [0.717, 1.165) is 25.6 Å². The van der Waals surface area contributed by atoms with Crippen molar-refractivity contribution in [3.8, 4) is 0 Å². The van der Waals surface area contributed by atoms with Crippen molar-refractivity contribution < 1.29 is 0 Å². The van der Waals surface area contributed by atoms with Crippen LogP contribution in [-0.2, 0) is 6.54 Å². The number of hydrogen-bond donors (Lipinski definition) is 2. The molecule has 2 aromatic heterocycles. The van der Waals surface area contributed by atoms with Gasteiger partial charge in [0, 0.05) is 22.8 Å². The maximum Gasteiger partial charge on any atom is 0.191 e. The van der Waals surface area contributed by atoms with Crippen molar-refractivity contribution in [2.45, 2.75) is 33.2 Å². The Kier molecular flexibility index (Phi) is 9.04. The Balaban J connectivity index is 0.00000242. The smallest absolute Gasteiger partial charge is 0.191 e. The van der Waals surface area contributed by atoms with Gasteiger partial charge in [0.25, 0.3) is 0 Å². The number of halogens is 1. The molecule has 0 fully saturated rings. The largest absolute Gasteiger partial charge is 0.357 e. The minimum absolute atomic E-state index is 0. The van der Waals surface area contributed by atoms with Crippen LogP contribution in [0.3, 0.4) is 0 Å². The van der Waals surface area contributed by atoms with E-state index in [9.17, 15) is 0 Å². The molecular formula is C16H24IN3S2. The van der Waals surface area contributed by atoms with Crippen LogP contribution in [0.2, 0.25) is 0 Å². The summed E-state index contributed by atoms with van der Waals surface area (Å²) >= 11 is 3.56. The van der Waals surface area contributed by atoms with Crippen LogP contribution in [-0.4, -0.2) is 19.0 Å². The van der Waals surface area contributed by atoms with Crippen molar-refractivity contribution in [1.82, 2.24) is 10.6 Å². The third kappa shape index (κ3) is 6.26. The standard InChI is InChI=1S/C16H23N3S2.HI/c1-4-17-16(19-10-15-6-5-13(3)21-15)18-9-12(2)14-7-8-20-11-14;/h5-8,11-12H,4,9-10H2,1-3H3,(H2,17,18,19);1H. The molecule has 1 unspecified atom stereocenters. The molecule has 2 rings (SSSR count). The van der Waals surface area contributed by atoms with Crippen molar-refractivity contribution in [2.24, 2.45) is 4.99 Å². The first-order chi connectivity index (χ1) is 10.2. The van der Waals surface area contributed by atoms with Gasteiger partial charge < -0.3 is 10.6 Å². The second-order valence-corrected chi connectivity index (χ2v) is 7.20. The number of hydrogen-bond acceptors (Lipinski definition) is 3. The van der Waals surface area contributed by atoms with E-state index in [-0.39, 0.29) is 24.0 Å². The van der Waals surface area contributed by atoms with E-state index in [0.29, 0.717) is 5.92 Å². The van der Waals surface area contributed by atoms with Crippen LogP contribution >= 0.6 is 46.7 Å². The number of guanidine groups is 1. The van der Waals surface area contributed by atoms with Crippen LogP contribution in [0, 0.1) is 6.92 Å². The fourth-order valence-electron chi connectivity index (χ4n) is 1.99. The van der Waals surface area contributed by atoms with E-state index in [1.807, 2.05) is 11.3 Å². The molecule has 2 aromatic rings. The molecule has 0 amide bonds. The molecule has 1 atom stereocenters. The van der Waals surface area contributed by atoms with Crippen LogP contribution < -0.4 is 10.6 Å². The van der Waals surface area contributed by atoms with Gasteiger partial charge in [0.15, 0.2) is 5.96 Å². The lowest BCUT2D eigenvalue weighted by molar-refractivity contribution is 0.702. The number of nitrogens with zero attached hydrogens (tertiary/aromatic N) is 1. The molecule has 0 saturated heterocycles. The summed E-state index contributed by atoms with van der Waals surface area (Å²) in [5.74, 6) is 1.38. The van der Waals surface area contributed by atoms with Crippen molar-refractivity contribution in [3.05, 3.63) is 44.3 Å². The van der Waals surface area contributed by atoms with E-state index in [2.05, 4.69) is 65.4 Å². The number of rotatable bonds is 6. The quantitative estimate of drug-likeness (QED) is 0.385. The van der Waals surface area contributed by atoms with E-state index in [4.69, 9.17) is 0 Å². The summed E-state index contributed by atoms with van der Waals surface area (Å²) in [6, 6.07) is 6.49. The van der Waals surface area contributed by atoms with E-state index < -0.39 is 0 Å². The zero-order valence-corrected chi connectivity index (χ0v) is 17.2. The van der Waals surface area contributed by atoms with Crippen LogP contribution in [0.1, 0.15) is 35.1 Å². The lowest BCUT2D eigenvalue weighted by atomic mass is 10.1. The fourth-order valence-corrected chi connectivity index (χ4v) is 3.59. The number of aryl methyl sites for hydroxylation is 1. The first-order valence-electron chi connectivity index (χ1n) is 7.28. The van der Waals surface area contributed by atoms with Gasteiger partial charge in [0.05, 0.1) is 6.54 Å².